The van der Waals surface area contributed by atoms with Gasteiger partial charge in [-0.05, 0) is 78.9 Å². The van der Waals surface area contributed by atoms with Crippen molar-refractivity contribution in [3.63, 3.8) is 0 Å². The molecule has 0 saturated heterocycles. The van der Waals surface area contributed by atoms with Gasteiger partial charge in [0.25, 0.3) is 0 Å². The van der Waals surface area contributed by atoms with E-state index < -0.39 is 0 Å². The Hall–Kier alpha value is -7.08. The summed E-state index contributed by atoms with van der Waals surface area (Å²) < 4.78 is 6.87. The number of hydrogen-bond acceptors (Lipinski definition) is 1. The van der Waals surface area contributed by atoms with Crippen molar-refractivity contribution < 1.29 is 0 Å². The van der Waals surface area contributed by atoms with E-state index in [0.717, 1.165) is 71.7 Å². The molecule has 0 radical (unpaired) electrons. The molecule has 0 aliphatic rings. The largest absolute Gasteiger partial charge is 0.310 e. The van der Waals surface area contributed by atoms with Gasteiger partial charge in [-0.15, -0.1) is 0 Å². The van der Waals surface area contributed by atoms with Gasteiger partial charge in [-0.1, -0.05) is 72.8 Å². The van der Waals surface area contributed by atoms with Gasteiger partial charge in [0, 0.05) is 49.4 Å². The summed E-state index contributed by atoms with van der Waals surface area (Å²) in [6.45, 7) is 8.14. The second-order valence-electron chi connectivity index (χ2n) is 12.4. The lowest BCUT2D eigenvalue weighted by Gasteiger charge is -2.14. The second-order valence-corrected chi connectivity index (χ2v) is 12.4. The predicted octanol–water partition coefficient (Wildman–Crippen LogP) is 11.4. The molecule has 0 atom stereocenters. The number of aromatic nitrogens is 3. The van der Waals surface area contributed by atoms with Crippen LogP contribution in [0.15, 0.2) is 152 Å². The van der Waals surface area contributed by atoms with Crippen LogP contribution in [-0.2, 0) is 0 Å². The van der Waals surface area contributed by atoms with Gasteiger partial charge in [-0.25, -0.2) is 4.85 Å². The molecule has 0 aliphatic carbocycles. The van der Waals surface area contributed by atoms with Crippen LogP contribution >= 0.6 is 0 Å². The summed E-state index contributed by atoms with van der Waals surface area (Å²) in [6.07, 6.45) is 0. The molecule has 10 rings (SSSR count). The zero-order valence-electron chi connectivity index (χ0n) is 26.2. The van der Waals surface area contributed by atoms with E-state index in [9.17, 15) is 5.26 Å². The SMILES string of the molecule is [C-]#[N+]c1cc(-n2c3ccccc3c3cc(C#N)ccc32)cc(-n2c3ccccc3c3cc4c(cc32)c2ccccc2n4-c2ccccc2)c1. The van der Waals surface area contributed by atoms with Crippen LogP contribution in [0.1, 0.15) is 5.56 Å². The Morgan fingerprint density at radius 2 is 0.857 bits per heavy atom. The van der Waals surface area contributed by atoms with Crippen molar-refractivity contribution >= 4 is 71.1 Å². The van der Waals surface area contributed by atoms with E-state index in [1.54, 1.807) is 0 Å². The highest BCUT2D eigenvalue weighted by atomic mass is 15.0. The molecule has 3 heterocycles. The maximum atomic E-state index is 9.67. The first-order valence-corrected chi connectivity index (χ1v) is 16.2. The lowest BCUT2D eigenvalue weighted by molar-refractivity contribution is 1.14. The van der Waals surface area contributed by atoms with Crippen molar-refractivity contribution in [1.29, 1.82) is 5.26 Å². The number of nitriles is 1. The normalized spacial score (nSPS) is 11.6. The minimum Gasteiger partial charge on any atom is -0.310 e. The fourth-order valence-corrected chi connectivity index (χ4v) is 7.79. The quantitative estimate of drug-likeness (QED) is 0.181. The summed E-state index contributed by atoms with van der Waals surface area (Å²) in [4.78, 5) is 3.96. The molecule has 5 nitrogen and oxygen atoms in total. The molecule has 0 N–H and O–H groups in total. The van der Waals surface area contributed by atoms with Crippen LogP contribution in [0.25, 0.3) is 87.3 Å². The Balaban J connectivity index is 1.31. The monoisotopic (exact) mass is 623 g/mol. The van der Waals surface area contributed by atoms with E-state index in [-0.39, 0.29) is 0 Å². The Morgan fingerprint density at radius 3 is 1.39 bits per heavy atom. The van der Waals surface area contributed by atoms with Gasteiger partial charge in [0.15, 0.2) is 5.69 Å². The molecule has 226 valence electrons. The minimum absolute atomic E-state index is 0.555. The second kappa shape index (κ2) is 10.2. The molecule has 49 heavy (non-hydrogen) atoms. The van der Waals surface area contributed by atoms with Gasteiger partial charge in [0.05, 0.1) is 51.3 Å². The van der Waals surface area contributed by atoms with Crippen molar-refractivity contribution in [2.24, 2.45) is 0 Å². The van der Waals surface area contributed by atoms with Crippen LogP contribution in [0, 0.1) is 17.9 Å². The number of para-hydroxylation sites is 4. The van der Waals surface area contributed by atoms with E-state index in [1.165, 1.54) is 10.8 Å². The third-order valence-electron chi connectivity index (χ3n) is 9.81. The van der Waals surface area contributed by atoms with Crippen LogP contribution in [-0.4, -0.2) is 13.7 Å². The van der Waals surface area contributed by atoms with Gasteiger partial charge < -0.3 is 13.7 Å². The highest BCUT2D eigenvalue weighted by Gasteiger charge is 2.20. The van der Waals surface area contributed by atoms with E-state index >= 15 is 0 Å². The fourth-order valence-electron chi connectivity index (χ4n) is 7.79. The maximum absolute atomic E-state index is 9.67. The molecule has 0 aliphatic heterocycles. The summed E-state index contributed by atoms with van der Waals surface area (Å²) >= 11 is 0. The summed E-state index contributed by atoms with van der Waals surface area (Å²) in [6, 6.07) is 54.8. The van der Waals surface area contributed by atoms with E-state index in [0.29, 0.717) is 11.3 Å². The third kappa shape index (κ3) is 3.85. The molecule has 0 spiro atoms. The molecule has 0 unspecified atom stereocenters. The predicted molar refractivity (Wildman–Crippen MR) is 200 cm³/mol. The van der Waals surface area contributed by atoms with Crippen LogP contribution < -0.4 is 0 Å². The van der Waals surface area contributed by atoms with Gasteiger partial charge in [-0.3, -0.25) is 0 Å². The van der Waals surface area contributed by atoms with Crippen molar-refractivity contribution in [2.45, 2.75) is 0 Å². The topological polar surface area (TPSA) is 42.9 Å². The van der Waals surface area contributed by atoms with Crippen LogP contribution in [0.4, 0.5) is 5.69 Å². The lowest BCUT2D eigenvalue weighted by Crippen LogP contribution is -1.99. The molecule has 5 heteroatoms. The fraction of sp³-hybridized carbons (Fsp3) is 0. The summed E-state index contributed by atoms with van der Waals surface area (Å²) in [5.41, 5.74) is 10.6. The van der Waals surface area contributed by atoms with E-state index in [1.807, 2.05) is 42.5 Å². The lowest BCUT2D eigenvalue weighted by atomic mass is 10.1. The first kappa shape index (κ1) is 27.1. The standard InChI is InChI=1S/C44H25N5/c1-46-29-22-31(48-40-17-9-5-13-33(40)36-21-28(27-45)19-20-42(36)48)24-32(23-29)49-41-18-10-7-15-35(41)38-25-43-37(26-44(38)49)34-14-6-8-16-39(34)47(43)30-11-3-2-4-12-30/h2-26H. The summed E-state index contributed by atoms with van der Waals surface area (Å²) in [5, 5.41) is 16.4. The van der Waals surface area contributed by atoms with Crippen molar-refractivity contribution in [3.8, 4) is 23.1 Å². The van der Waals surface area contributed by atoms with E-state index in [2.05, 4.69) is 134 Å². The highest BCUT2D eigenvalue weighted by molar-refractivity contribution is 6.19. The Kier molecular flexibility index (Phi) is 5.64. The molecule has 0 amide bonds. The number of fused-ring (bicyclic) bond motifs is 9. The van der Waals surface area contributed by atoms with Crippen molar-refractivity contribution in [2.75, 3.05) is 0 Å². The van der Waals surface area contributed by atoms with Crippen LogP contribution in [0.5, 0.6) is 0 Å². The smallest absolute Gasteiger partial charge is 0.191 e. The first-order chi connectivity index (χ1) is 24.2. The zero-order chi connectivity index (χ0) is 32.6. The molecule has 7 aromatic carbocycles. The Labute approximate surface area is 281 Å². The van der Waals surface area contributed by atoms with Crippen molar-refractivity contribution in [1.82, 2.24) is 13.7 Å². The molecule has 0 saturated carbocycles. The van der Waals surface area contributed by atoms with Gasteiger partial charge >= 0.3 is 0 Å². The number of rotatable bonds is 3. The Morgan fingerprint density at radius 1 is 0.408 bits per heavy atom. The maximum Gasteiger partial charge on any atom is 0.191 e. The average Bonchev–Trinajstić information content (AvgIpc) is 3.79. The average molecular weight is 624 g/mol. The molecule has 10 aromatic rings. The number of nitrogens with zero attached hydrogens (tertiary/aromatic N) is 5. The van der Waals surface area contributed by atoms with Gasteiger partial charge in [-0.2, -0.15) is 5.26 Å². The van der Waals surface area contributed by atoms with E-state index in [4.69, 9.17) is 6.57 Å². The van der Waals surface area contributed by atoms with Crippen molar-refractivity contribution in [3.05, 3.63) is 169 Å². The number of benzene rings is 7. The highest BCUT2D eigenvalue weighted by Crippen LogP contribution is 2.41. The third-order valence-corrected chi connectivity index (χ3v) is 9.81. The molecule has 0 bridgehead atoms. The summed E-state index contributed by atoms with van der Waals surface area (Å²) in [5.74, 6) is 0. The molecule has 0 fully saturated rings. The molecule has 3 aromatic heterocycles. The van der Waals surface area contributed by atoms with Gasteiger partial charge in [0.1, 0.15) is 0 Å². The Bertz CT molecular complexity index is 3070. The van der Waals surface area contributed by atoms with Crippen LogP contribution in [0.3, 0.4) is 0 Å². The first-order valence-electron chi connectivity index (χ1n) is 16.2. The molecular weight excluding hydrogens is 599 g/mol. The minimum atomic E-state index is 0.555. The summed E-state index contributed by atoms with van der Waals surface area (Å²) in [7, 11) is 0. The number of hydrogen-bond donors (Lipinski definition) is 0. The van der Waals surface area contributed by atoms with Crippen LogP contribution in [0.2, 0.25) is 0 Å². The van der Waals surface area contributed by atoms with Gasteiger partial charge in [0.2, 0.25) is 0 Å². The molecular formula is C44H25N5. The zero-order valence-corrected chi connectivity index (χ0v) is 26.2.